The normalized spacial score (nSPS) is 11.8. The Balaban J connectivity index is 2.85. The number of hydrogen-bond acceptors (Lipinski definition) is 2. The number of hydrogen-bond donors (Lipinski definition) is 1. The van der Waals surface area contributed by atoms with E-state index in [4.69, 9.17) is 11.6 Å². The maximum Gasteiger partial charge on any atom is 0.242 e. The van der Waals surface area contributed by atoms with Gasteiger partial charge < -0.3 is 10.2 Å². The van der Waals surface area contributed by atoms with E-state index in [2.05, 4.69) is 12.2 Å². The van der Waals surface area contributed by atoms with Crippen molar-refractivity contribution in [1.29, 1.82) is 0 Å². The third-order valence-corrected chi connectivity index (χ3v) is 4.13. The Morgan fingerprint density at radius 1 is 1.22 bits per heavy atom. The number of halogens is 1. The van der Waals surface area contributed by atoms with E-state index in [0.29, 0.717) is 24.5 Å². The SMILES string of the molecule is CCCCNC(=O)[C@@H](C)N(Cc1ccccc1Cl)C(=O)CCC. The fraction of sp³-hybridized carbons (Fsp3) is 0.556. The molecule has 0 saturated heterocycles. The van der Waals surface area contributed by atoms with E-state index in [1.54, 1.807) is 17.9 Å². The van der Waals surface area contributed by atoms with Gasteiger partial charge in [-0.05, 0) is 31.4 Å². The van der Waals surface area contributed by atoms with E-state index in [1.165, 1.54) is 0 Å². The zero-order valence-electron chi connectivity index (χ0n) is 14.3. The van der Waals surface area contributed by atoms with Crippen LogP contribution in [-0.4, -0.2) is 29.3 Å². The van der Waals surface area contributed by atoms with Gasteiger partial charge in [0.25, 0.3) is 0 Å². The molecule has 1 aromatic rings. The van der Waals surface area contributed by atoms with Crippen molar-refractivity contribution in [3.8, 4) is 0 Å². The van der Waals surface area contributed by atoms with Crippen molar-refractivity contribution in [3.05, 3.63) is 34.9 Å². The molecule has 0 fully saturated rings. The number of unbranched alkanes of at least 4 members (excludes halogenated alkanes) is 1. The van der Waals surface area contributed by atoms with Crippen LogP contribution in [0.1, 0.15) is 52.0 Å². The highest BCUT2D eigenvalue weighted by molar-refractivity contribution is 6.31. The van der Waals surface area contributed by atoms with Crippen molar-refractivity contribution in [2.24, 2.45) is 0 Å². The summed E-state index contributed by atoms with van der Waals surface area (Å²) in [7, 11) is 0. The van der Waals surface area contributed by atoms with Crippen molar-refractivity contribution in [1.82, 2.24) is 10.2 Å². The zero-order valence-corrected chi connectivity index (χ0v) is 15.0. The molecular formula is C18H27ClN2O2. The summed E-state index contributed by atoms with van der Waals surface area (Å²) in [5.41, 5.74) is 0.854. The standard InChI is InChI=1S/C18H27ClN2O2/c1-4-6-12-20-18(23)14(3)21(17(22)9-5-2)13-15-10-7-8-11-16(15)19/h7-8,10-11,14H,4-6,9,12-13H2,1-3H3,(H,20,23)/t14-/m1/s1. The first kappa shape index (κ1) is 19.5. The third kappa shape index (κ3) is 6.22. The molecule has 2 amide bonds. The summed E-state index contributed by atoms with van der Waals surface area (Å²) >= 11 is 6.20. The number of carbonyl (C=O) groups is 2. The Hall–Kier alpha value is -1.55. The maximum absolute atomic E-state index is 12.4. The van der Waals surface area contributed by atoms with Crippen LogP contribution >= 0.6 is 11.6 Å². The summed E-state index contributed by atoms with van der Waals surface area (Å²) in [5, 5.41) is 3.51. The highest BCUT2D eigenvalue weighted by atomic mass is 35.5. The fourth-order valence-corrected chi connectivity index (χ4v) is 2.48. The molecule has 0 aliphatic heterocycles. The molecule has 0 aliphatic carbocycles. The first-order chi connectivity index (χ1) is 11.0. The van der Waals surface area contributed by atoms with Crippen LogP contribution in [0.15, 0.2) is 24.3 Å². The summed E-state index contributed by atoms with van der Waals surface area (Å²) in [4.78, 5) is 26.4. The summed E-state index contributed by atoms with van der Waals surface area (Å²) in [6, 6.07) is 6.91. The van der Waals surface area contributed by atoms with Crippen LogP contribution in [0, 0.1) is 0 Å². The smallest absolute Gasteiger partial charge is 0.242 e. The lowest BCUT2D eigenvalue weighted by atomic mass is 10.1. The van der Waals surface area contributed by atoms with Gasteiger partial charge in [0.1, 0.15) is 6.04 Å². The molecule has 1 aromatic carbocycles. The van der Waals surface area contributed by atoms with E-state index in [9.17, 15) is 9.59 Å². The van der Waals surface area contributed by atoms with Crippen molar-refractivity contribution in [3.63, 3.8) is 0 Å². The van der Waals surface area contributed by atoms with Crippen LogP contribution < -0.4 is 5.32 Å². The van der Waals surface area contributed by atoms with Crippen molar-refractivity contribution >= 4 is 23.4 Å². The minimum atomic E-state index is -0.512. The van der Waals surface area contributed by atoms with E-state index in [-0.39, 0.29) is 11.8 Å². The van der Waals surface area contributed by atoms with Gasteiger partial charge in [0.15, 0.2) is 0 Å². The second-order valence-electron chi connectivity index (χ2n) is 5.68. The van der Waals surface area contributed by atoms with Gasteiger partial charge in [0.2, 0.25) is 11.8 Å². The molecule has 4 nitrogen and oxygen atoms in total. The molecule has 0 bridgehead atoms. The van der Waals surface area contributed by atoms with Gasteiger partial charge in [0.05, 0.1) is 0 Å². The Bertz CT molecular complexity index is 519. The Labute approximate surface area is 144 Å². The van der Waals surface area contributed by atoms with Crippen LogP contribution in [0.2, 0.25) is 5.02 Å². The van der Waals surface area contributed by atoms with E-state index < -0.39 is 6.04 Å². The minimum Gasteiger partial charge on any atom is -0.354 e. The lowest BCUT2D eigenvalue weighted by molar-refractivity contribution is -0.140. The van der Waals surface area contributed by atoms with Crippen LogP contribution in [-0.2, 0) is 16.1 Å². The first-order valence-corrected chi connectivity index (χ1v) is 8.69. The maximum atomic E-state index is 12.4. The predicted octanol–water partition coefficient (Wildman–Crippen LogP) is 3.77. The number of nitrogens with zero attached hydrogens (tertiary/aromatic N) is 1. The Morgan fingerprint density at radius 3 is 2.52 bits per heavy atom. The van der Waals surface area contributed by atoms with Crippen LogP contribution in [0.5, 0.6) is 0 Å². The van der Waals surface area contributed by atoms with Crippen molar-refractivity contribution in [2.45, 2.75) is 59.0 Å². The Morgan fingerprint density at radius 2 is 1.91 bits per heavy atom. The molecule has 1 N–H and O–H groups in total. The monoisotopic (exact) mass is 338 g/mol. The molecule has 0 spiro atoms. The third-order valence-electron chi connectivity index (χ3n) is 3.76. The van der Waals surface area contributed by atoms with Gasteiger partial charge in [-0.3, -0.25) is 9.59 Å². The van der Waals surface area contributed by atoms with Crippen LogP contribution in [0.3, 0.4) is 0 Å². The highest BCUT2D eigenvalue weighted by Crippen LogP contribution is 2.19. The molecule has 0 aliphatic rings. The fourth-order valence-electron chi connectivity index (χ4n) is 2.29. The molecule has 128 valence electrons. The molecule has 0 radical (unpaired) electrons. The lowest BCUT2D eigenvalue weighted by Crippen LogP contribution is -2.47. The van der Waals surface area contributed by atoms with Gasteiger partial charge in [0, 0.05) is 24.5 Å². The molecular weight excluding hydrogens is 312 g/mol. The van der Waals surface area contributed by atoms with Gasteiger partial charge in [-0.25, -0.2) is 0 Å². The van der Waals surface area contributed by atoms with E-state index in [0.717, 1.165) is 24.8 Å². The molecule has 23 heavy (non-hydrogen) atoms. The number of nitrogens with one attached hydrogen (secondary N) is 1. The van der Waals surface area contributed by atoms with Gasteiger partial charge >= 0.3 is 0 Å². The number of carbonyl (C=O) groups excluding carboxylic acids is 2. The number of benzene rings is 1. The van der Waals surface area contributed by atoms with Gasteiger partial charge in [-0.2, -0.15) is 0 Å². The van der Waals surface area contributed by atoms with Gasteiger partial charge in [-0.1, -0.05) is 50.1 Å². The van der Waals surface area contributed by atoms with Crippen LogP contribution in [0.25, 0.3) is 0 Å². The molecule has 0 unspecified atom stereocenters. The second-order valence-corrected chi connectivity index (χ2v) is 6.09. The topological polar surface area (TPSA) is 49.4 Å². The molecule has 1 atom stereocenters. The molecule has 0 aromatic heterocycles. The van der Waals surface area contributed by atoms with Crippen molar-refractivity contribution in [2.75, 3.05) is 6.54 Å². The molecule has 1 rings (SSSR count). The number of rotatable bonds is 9. The average Bonchev–Trinajstić information content (AvgIpc) is 2.53. The Kier molecular flexibility index (Phi) is 8.70. The molecule has 0 saturated carbocycles. The molecule has 0 heterocycles. The average molecular weight is 339 g/mol. The second kappa shape index (κ2) is 10.3. The summed E-state index contributed by atoms with van der Waals surface area (Å²) in [6.45, 7) is 6.79. The predicted molar refractivity (Wildman–Crippen MR) is 94.3 cm³/mol. The quantitative estimate of drug-likeness (QED) is 0.697. The lowest BCUT2D eigenvalue weighted by Gasteiger charge is -2.29. The highest BCUT2D eigenvalue weighted by Gasteiger charge is 2.25. The summed E-state index contributed by atoms with van der Waals surface area (Å²) in [6.07, 6.45) is 3.14. The van der Waals surface area contributed by atoms with E-state index >= 15 is 0 Å². The molecule has 5 heteroatoms. The largest absolute Gasteiger partial charge is 0.354 e. The summed E-state index contributed by atoms with van der Waals surface area (Å²) < 4.78 is 0. The van der Waals surface area contributed by atoms with Crippen molar-refractivity contribution < 1.29 is 9.59 Å². The van der Waals surface area contributed by atoms with Crippen LogP contribution in [0.4, 0.5) is 0 Å². The first-order valence-electron chi connectivity index (χ1n) is 8.31. The zero-order chi connectivity index (χ0) is 17.2. The van der Waals surface area contributed by atoms with Gasteiger partial charge in [-0.15, -0.1) is 0 Å². The summed E-state index contributed by atoms with van der Waals surface area (Å²) in [5.74, 6) is -0.138. The van der Waals surface area contributed by atoms with E-state index in [1.807, 2.05) is 25.1 Å². The minimum absolute atomic E-state index is 0.0226. The number of amides is 2.